The Balaban J connectivity index is 1.71. The minimum atomic E-state index is -0.539. The quantitative estimate of drug-likeness (QED) is 0.397. The molecule has 1 N–H and O–H groups in total. The maximum Gasteiger partial charge on any atom is 0.302 e. The third-order valence-corrected chi connectivity index (χ3v) is 4.59. The predicted molar refractivity (Wildman–Crippen MR) is 111 cm³/mol. The van der Waals surface area contributed by atoms with Crippen molar-refractivity contribution in [3.8, 4) is 17.4 Å². The molecule has 0 saturated carbocycles. The van der Waals surface area contributed by atoms with Crippen molar-refractivity contribution in [1.29, 1.82) is 0 Å². The number of carbonyl (C=O) groups excluding carboxylic acids is 1. The third kappa shape index (κ3) is 4.93. The summed E-state index contributed by atoms with van der Waals surface area (Å²) >= 11 is 0. The maximum atomic E-state index is 12.1. The molecule has 7 heteroatoms. The smallest absolute Gasteiger partial charge is 0.302 e. The van der Waals surface area contributed by atoms with Crippen LogP contribution in [0.4, 0.5) is 5.69 Å². The van der Waals surface area contributed by atoms with Gasteiger partial charge >= 0.3 is 5.91 Å². The fourth-order valence-electron chi connectivity index (χ4n) is 3.07. The zero-order chi connectivity index (χ0) is 20.6. The molecule has 0 aliphatic carbocycles. The molecule has 0 aliphatic heterocycles. The first-order chi connectivity index (χ1) is 14.1. The molecule has 0 fully saturated rings. The van der Waals surface area contributed by atoms with Crippen LogP contribution in [0, 0.1) is 0 Å². The summed E-state index contributed by atoms with van der Waals surface area (Å²) in [5.41, 5.74) is 1.17. The van der Waals surface area contributed by atoms with Gasteiger partial charge in [-0.2, -0.15) is 0 Å². The molecule has 7 nitrogen and oxygen atoms in total. The number of unbranched alkanes of at least 4 members (excludes halogenated alkanes) is 2. The van der Waals surface area contributed by atoms with Gasteiger partial charge in [0.15, 0.2) is 12.3 Å². The fraction of sp³-hybridized carbons (Fsp3) is 0.318. The van der Waals surface area contributed by atoms with Crippen LogP contribution in [0.1, 0.15) is 26.2 Å². The van der Waals surface area contributed by atoms with E-state index in [9.17, 15) is 9.90 Å². The van der Waals surface area contributed by atoms with Crippen molar-refractivity contribution in [2.24, 2.45) is 10.2 Å². The summed E-state index contributed by atoms with van der Waals surface area (Å²) in [5, 5.41) is 19.1. The number of hydrogen-bond acceptors (Lipinski definition) is 5. The number of amides is 1. The van der Waals surface area contributed by atoms with Gasteiger partial charge in [-0.3, -0.25) is 4.79 Å². The Bertz CT molecular complexity index is 993. The van der Waals surface area contributed by atoms with Gasteiger partial charge in [0.1, 0.15) is 11.5 Å². The van der Waals surface area contributed by atoms with Crippen molar-refractivity contribution >= 4 is 22.5 Å². The first-order valence-corrected chi connectivity index (χ1v) is 9.65. The zero-order valence-corrected chi connectivity index (χ0v) is 16.7. The lowest BCUT2D eigenvalue weighted by atomic mass is 10.2. The van der Waals surface area contributed by atoms with E-state index in [-0.39, 0.29) is 12.5 Å². The normalized spacial score (nSPS) is 11.2. The van der Waals surface area contributed by atoms with Gasteiger partial charge in [-0.15, -0.1) is 10.2 Å². The SMILES string of the molecule is CCCCCn1c(O)c(N=NC(=O)COc2ccc(OC)cc2)c2ccccc21. The van der Waals surface area contributed by atoms with E-state index in [0.717, 1.165) is 30.2 Å². The minimum absolute atomic E-state index is 0.0231. The molecule has 0 atom stereocenters. The van der Waals surface area contributed by atoms with E-state index in [1.165, 1.54) is 0 Å². The molecule has 1 amide bonds. The Kier molecular flexibility index (Phi) is 6.84. The highest BCUT2D eigenvalue weighted by molar-refractivity contribution is 5.95. The average molecular weight is 395 g/mol. The van der Waals surface area contributed by atoms with Crippen LogP contribution in [-0.2, 0) is 11.3 Å². The van der Waals surface area contributed by atoms with Crippen molar-refractivity contribution in [2.75, 3.05) is 13.7 Å². The second-order valence-electron chi connectivity index (χ2n) is 6.61. The highest BCUT2D eigenvalue weighted by atomic mass is 16.5. The molecular formula is C22H25N3O4. The van der Waals surface area contributed by atoms with Crippen LogP contribution in [0.15, 0.2) is 58.8 Å². The molecule has 0 bridgehead atoms. The topological polar surface area (TPSA) is 85.4 Å². The monoisotopic (exact) mass is 395 g/mol. The molecule has 29 heavy (non-hydrogen) atoms. The van der Waals surface area contributed by atoms with E-state index in [1.807, 2.05) is 28.8 Å². The number of aromatic nitrogens is 1. The Morgan fingerprint density at radius 3 is 2.52 bits per heavy atom. The number of nitrogens with zero attached hydrogens (tertiary/aromatic N) is 3. The molecule has 0 spiro atoms. The van der Waals surface area contributed by atoms with Crippen LogP contribution in [0.2, 0.25) is 0 Å². The molecule has 152 valence electrons. The Morgan fingerprint density at radius 2 is 1.79 bits per heavy atom. The molecule has 3 rings (SSSR count). The summed E-state index contributed by atoms with van der Waals surface area (Å²) < 4.78 is 12.3. The number of benzene rings is 2. The van der Waals surface area contributed by atoms with Crippen molar-refractivity contribution in [3.63, 3.8) is 0 Å². The summed E-state index contributed by atoms with van der Waals surface area (Å²) in [7, 11) is 1.58. The number of aromatic hydroxyl groups is 1. The number of hydrogen-bond donors (Lipinski definition) is 1. The van der Waals surface area contributed by atoms with Crippen LogP contribution >= 0.6 is 0 Å². The Morgan fingerprint density at radius 1 is 1.07 bits per heavy atom. The highest BCUT2D eigenvalue weighted by Crippen LogP contribution is 2.39. The van der Waals surface area contributed by atoms with Gasteiger partial charge in [-0.1, -0.05) is 38.0 Å². The maximum absolute atomic E-state index is 12.1. The van der Waals surface area contributed by atoms with E-state index in [0.29, 0.717) is 23.7 Å². The molecule has 2 aromatic carbocycles. The van der Waals surface area contributed by atoms with Crippen molar-refractivity contribution < 1.29 is 19.4 Å². The van der Waals surface area contributed by atoms with Gasteiger partial charge in [0, 0.05) is 11.9 Å². The lowest BCUT2D eigenvalue weighted by Crippen LogP contribution is -2.07. The van der Waals surface area contributed by atoms with Gasteiger partial charge < -0.3 is 19.1 Å². The standard InChI is InChI=1S/C22H25N3O4/c1-3-4-7-14-25-19-9-6-5-8-18(19)21(22(25)27)24-23-20(26)15-29-17-12-10-16(28-2)11-13-17/h5-6,8-13,27H,3-4,7,14-15H2,1-2H3. The van der Waals surface area contributed by atoms with Gasteiger partial charge in [-0.25, -0.2) is 0 Å². The van der Waals surface area contributed by atoms with Crippen molar-refractivity contribution in [3.05, 3.63) is 48.5 Å². The number of aryl methyl sites for hydroxylation is 1. The molecule has 0 aliphatic rings. The first-order valence-electron chi connectivity index (χ1n) is 9.65. The van der Waals surface area contributed by atoms with E-state index in [2.05, 4.69) is 17.2 Å². The average Bonchev–Trinajstić information content (AvgIpc) is 3.02. The molecule has 0 saturated heterocycles. The summed E-state index contributed by atoms with van der Waals surface area (Å²) in [6.07, 6.45) is 3.12. The van der Waals surface area contributed by atoms with Gasteiger partial charge in [0.2, 0.25) is 5.88 Å². The molecule has 0 radical (unpaired) electrons. The summed E-state index contributed by atoms with van der Waals surface area (Å²) in [6.45, 7) is 2.57. The number of carbonyl (C=O) groups is 1. The van der Waals surface area contributed by atoms with E-state index >= 15 is 0 Å². The summed E-state index contributed by atoms with van der Waals surface area (Å²) in [4.78, 5) is 12.1. The zero-order valence-electron chi connectivity index (χ0n) is 16.7. The number of methoxy groups -OCH3 is 1. The van der Waals surface area contributed by atoms with E-state index in [1.54, 1.807) is 31.4 Å². The molecule has 0 unspecified atom stereocenters. The third-order valence-electron chi connectivity index (χ3n) is 4.59. The van der Waals surface area contributed by atoms with Gasteiger partial charge in [-0.05, 0) is 36.8 Å². The van der Waals surface area contributed by atoms with Gasteiger partial charge in [0.05, 0.1) is 12.6 Å². The lowest BCUT2D eigenvalue weighted by Gasteiger charge is -2.05. The van der Waals surface area contributed by atoms with Crippen molar-refractivity contribution in [2.45, 2.75) is 32.7 Å². The van der Waals surface area contributed by atoms with E-state index < -0.39 is 5.91 Å². The number of fused-ring (bicyclic) bond motifs is 1. The second-order valence-corrected chi connectivity index (χ2v) is 6.61. The van der Waals surface area contributed by atoms with Crippen LogP contribution < -0.4 is 9.47 Å². The molecular weight excluding hydrogens is 370 g/mol. The number of azo groups is 1. The predicted octanol–water partition coefficient (Wildman–Crippen LogP) is 5.24. The Labute approximate surface area is 169 Å². The molecule has 1 aromatic heterocycles. The van der Waals surface area contributed by atoms with Crippen LogP contribution in [0.5, 0.6) is 17.4 Å². The summed E-state index contributed by atoms with van der Waals surface area (Å²) in [6, 6.07) is 14.5. The molecule has 3 aromatic rings. The number of ether oxygens (including phenoxy) is 2. The van der Waals surface area contributed by atoms with Crippen LogP contribution in [0.3, 0.4) is 0 Å². The highest BCUT2D eigenvalue weighted by Gasteiger charge is 2.16. The minimum Gasteiger partial charge on any atom is -0.497 e. The largest absolute Gasteiger partial charge is 0.497 e. The Hall–Kier alpha value is -3.35. The first kappa shape index (κ1) is 20.4. The number of rotatable bonds is 9. The van der Waals surface area contributed by atoms with E-state index in [4.69, 9.17) is 9.47 Å². The second kappa shape index (κ2) is 9.73. The van der Waals surface area contributed by atoms with Gasteiger partial charge in [0.25, 0.3) is 0 Å². The molecule has 1 heterocycles. The van der Waals surface area contributed by atoms with Crippen LogP contribution in [0.25, 0.3) is 10.9 Å². The fourth-order valence-corrected chi connectivity index (χ4v) is 3.07. The van der Waals surface area contributed by atoms with Crippen molar-refractivity contribution in [1.82, 2.24) is 4.57 Å². The summed E-state index contributed by atoms with van der Waals surface area (Å²) in [5.74, 6) is 0.719. The van der Waals surface area contributed by atoms with Crippen LogP contribution in [-0.4, -0.2) is 29.3 Å². The lowest BCUT2D eigenvalue weighted by molar-refractivity contribution is -0.120. The number of para-hydroxylation sites is 1.